The summed E-state index contributed by atoms with van der Waals surface area (Å²) in [5, 5.41) is 6.37. The molecule has 1 aromatic heterocycles. The quantitative estimate of drug-likeness (QED) is 0.598. The van der Waals surface area contributed by atoms with Crippen LogP contribution in [-0.4, -0.2) is 38.6 Å². The number of guanidine groups is 1. The molecule has 0 aliphatic heterocycles. The molecule has 0 bridgehead atoms. The molecule has 0 atom stereocenters. The van der Waals surface area contributed by atoms with Crippen LogP contribution in [0.2, 0.25) is 0 Å². The second-order valence-corrected chi connectivity index (χ2v) is 6.21. The molecule has 0 aliphatic carbocycles. The molecule has 2 aromatic rings. The molecule has 27 heavy (non-hydrogen) atoms. The van der Waals surface area contributed by atoms with Gasteiger partial charge in [-0.1, -0.05) is 12.1 Å². The Kier molecular flexibility index (Phi) is 7.04. The van der Waals surface area contributed by atoms with Crippen LogP contribution in [0.5, 0.6) is 0 Å². The Hall–Kier alpha value is -2.77. The fraction of sp³-hybridized carbons (Fsp3) is 0.368. The lowest BCUT2D eigenvalue weighted by Gasteiger charge is -2.14. The van der Waals surface area contributed by atoms with Gasteiger partial charge in [0.2, 0.25) is 0 Å². The SMILES string of the molecule is CN=C(NCCc1ccc(C(F)(F)F)cc1)NCc1ccnc(N(C)C)c1. The van der Waals surface area contributed by atoms with Gasteiger partial charge in [-0.3, -0.25) is 4.99 Å². The average molecular weight is 379 g/mol. The van der Waals surface area contributed by atoms with E-state index < -0.39 is 11.7 Å². The lowest BCUT2D eigenvalue weighted by Crippen LogP contribution is -2.37. The van der Waals surface area contributed by atoms with Crippen LogP contribution in [0.25, 0.3) is 0 Å². The van der Waals surface area contributed by atoms with Crippen molar-refractivity contribution >= 4 is 11.8 Å². The van der Waals surface area contributed by atoms with Gasteiger partial charge in [0.1, 0.15) is 5.82 Å². The zero-order valence-electron chi connectivity index (χ0n) is 15.6. The summed E-state index contributed by atoms with van der Waals surface area (Å²) in [5.41, 5.74) is 1.27. The monoisotopic (exact) mass is 379 g/mol. The number of nitrogens with zero attached hydrogens (tertiary/aromatic N) is 3. The maximum atomic E-state index is 12.6. The van der Waals surface area contributed by atoms with Crippen LogP contribution in [0.15, 0.2) is 47.6 Å². The van der Waals surface area contributed by atoms with Crippen LogP contribution in [0, 0.1) is 0 Å². The van der Waals surface area contributed by atoms with Crippen molar-refractivity contribution in [2.45, 2.75) is 19.1 Å². The summed E-state index contributed by atoms with van der Waals surface area (Å²) < 4.78 is 37.7. The zero-order valence-corrected chi connectivity index (χ0v) is 15.6. The van der Waals surface area contributed by atoms with Gasteiger partial charge in [-0.25, -0.2) is 4.98 Å². The molecule has 0 aliphatic rings. The third-order valence-corrected chi connectivity index (χ3v) is 3.94. The Morgan fingerprint density at radius 2 is 1.78 bits per heavy atom. The van der Waals surface area contributed by atoms with Crippen LogP contribution in [0.3, 0.4) is 0 Å². The van der Waals surface area contributed by atoms with Crippen LogP contribution < -0.4 is 15.5 Å². The first-order valence-electron chi connectivity index (χ1n) is 8.52. The van der Waals surface area contributed by atoms with Gasteiger partial charge in [0, 0.05) is 40.4 Å². The average Bonchev–Trinajstić information content (AvgIpc) is 2.64. The zero-order chi connectivity index (χ0) is 19.9. The molecule has 0 fully saturated rings. The van der Waals surface area contributed by atoms with Crippen LogP contribution >= 0.6 is 0 Å². The molecule has 5 nitrogen and oxygen atoms in total. The highest BCUT2D eigenvalue weighted by atomic mass is 19.4. The number of rotatable bonds is 6. The van der Waals surface area contributed by atoms with E-state index in [-0.39, 0.29) is 0 Å². The van der Waals surface area contributed by atoms with E-state index >= 15 is 0 Å². The number of pyridine rings is 1. The Morgan fingerprint density at radius 3 is 2.37 bits per heavy atom. The number of nitrogens with one attached hydrogen (secondary N) is 2. The lowest BCUT2D eigenvalue weighted by molar-refractivity contribution is -0.137. The van der Waals surface area contributed by atoms with E-state index in [0.29, 0.717) is 25.5 Å². The number of alkyl halides is 3. The summed E-state index contributed by atoms with van der Waals surface area (Å²) in [4.78, 5) is 10.4. The molecule has 2 N–H and O–H groups in total. The van der Waals surface area contributed by atoms with Gasteiger partial charge < -0.3 is 15.5 Å². The van der Waals surface area contributed by atoms with Gasteiger partial charge in [0.15, 0.2) is 5.96 Å². The summed E-state index contributed by atoms with van der Waals surface area (Å²) in [5.74, 6) is 1.50. The van der Waals surface area contributed by atoms with Gasteiger partial charge in [0.05, 0.1) is 5.56 Å². The Bertz CT molecular complexity index is 755. The van der Waals surface area contributed by atoms with Crippen LogP contribution in [0.4, 0.5) is 19.0 Å². The third kappa shape index (κ3) is 6.47. The predicted octanol–water partition coefficient (Wildman–Crippen LogP) is 3.07. The standard InChI is InChI=1S/C19H24F3N5/c1-23-18(26-13-15-9-10-24-17(12-15)27(2)3)25-11-8-14-4-6-16(7-5-14)19(20,21)22/h4-7,9-10,12H,8,11,13H2,1-3H3,(H2,23,25,26). The molecular weight excluding hydrogens is 355 g/mol. The molecule has 0 radical (unpaired) electrons. The minimum absolute atomic E-state index is 0.560. The highest BCUT2D eigenvalue weighted by Gasteiger charge is 2.29. The van der Waals surface area contributed by atoms with Gasteiger partial charge >= 0.3 is 6.18 Å². The predicted molar refractivity (Wildman–Crippen MR) is 102 cm³/mol. The lowest BCUT2D eigenvalue weighted by atomic mass is 10.1. The second kappa shape index (κ2) is 9.25. The highest BCUT2D eigenvalue weighted by Crippen LogP contribution is 2.29. The summed E-state index contributed by atoms with van der Waals surface area (Å²) in [6.45, 7) is 1.15. The van der Waals surface area contributed by atoms with Gasteiger partial charge in [-0.15, -0.1) is 0 Å². The van der Waals surface area contributed by atoms with Crippen molar-refractivity contribution in [3.63, 3.8) is 0 Å². The van der Waals surface area contributed by atoms with Crippen molar-refractivity contribution in [3.05, 3.63) is 59.3 Å². The molecule has 0 amide bonds. The topological polar surface area (TPSA) is 52.6 Å². The van der Waals surface area contributed by atoms with Gasteiger partial charge in [0.25, 0.3) is 0 Å². The Balaban J connectivity index is 1.81. The smallest absolute Gasteiger partial charge is 0.363 e. The van der Waals surface area contributed by atoms with E-state index in [1.54, 1.807) is 13.2 Å². The van der Waals surface area contributed by atoms with E-state index in [2.05, 4.69) is 20.6 Å². The molecule has 0 unspecified atom stereocenters. The van der Waals surface area contributed by atoms with Crippen molar-refractivity contribution in [2.24, 2.45) is 4.99 Å². The summed E-state index contributed by atoms with van der Waals surface area (Å²) in [6, 6.07) is 9.13. The molecule has 8 heteroatoms. The van der Waals surface area contributed by atoms with Crippen molar-refractivity contribution in [2.75, 3.05) is 32.6 Å². The molecule has 1 aromatic carbocycles. The van der Waals surface area contributed by atoms with Crippen molar-refractivity contribution in [3.8, 4) is 0 Å². The van der Waals surface area contributed by atoms with E-state index in [0.717, 1.165) is 29.1 Å². The molecule has 1 heterocycles. The number of halogens is 3. The first-order chi connectivity index (χ1) is 12.8. The van der Waals surface area contributed by atoms with Crippen molar-refractivity contribution in [1.29, 1.82) is 0 Å². The largest absolute Gasteiger partial charge is 0.416 e. The number of aromatic nitrogens is 1. The minimum atomic E-state index is -4.30. The van der Waals surface area contributed by atoms with Crippen LogP contribution in [0.1, 0.15) is 16.7 Å². The number of hydrogen-bond acceptors (Lipinski definition) is 3. The fourth-order valence-corrected chi connectivity index (χ4v) is 2.41. The van der Waals surface area contributed by atoms with Gasteiger partial charge in [-0.2, -0.15) is 13.2 Å². The molecule has 0 saturated carbocycles. The Morgan fingerprint density at radius 1 is 1.07 bits per heavy atom. The van der Waals surface area contributed by atoms with E-state index in [4.69, 9.17) is 0 Å². The summed E-state index contributed by atoms with van der Waals surface area (Å²) >= 11 is 0. The third-order valence-electron chi connectivity index (χ3n) is 3.94. The van der Waals surface area contributed by atoms with E-state index in [1.165, 1.54) is 12.1 Å². The van der Waals surface area contributed by atoms with E-state index in [9.17, 15) is 13.2 Å². The molecule has 146 valence electrons. The van der Waals surface area contributed by atoms with Gasteiger partial charge in [-0.05, 0) is 41.8 Å². The van der Waals surface area contributed by atoms with E-state index in [1.807, 2.05) is 31.1 Å². The number of aliphatic imine (C=N–C) groups is 1. The summed E-state index contributed by atoms with van der Waals surface area (Å²) in [7, 11) is 5.54. The summed E-state index contributed by atoms with van der Waals surface area (Å²) in [6.07, 6.45) is -1.95. The minimum Gasteiger partial charge on any atom is -0.363 e. The molecular formula is C19H24F3N5. The normalized spacial score (nSPS) is 12.0. The first-order valence-corrected chi connectivity index (χ1v) is 8.52. The maximum Gasteiger partial charge on any atom is 0.416 e. The Labute approximate surface area is 157 Å². The van der Waals surface area contributed by atoms with Crippen molar-refractivity contribution in [1.82, 2.24) is 15.6 Å². The number of benzene rings is 1. The molecule has 2 rings (SSSR count). The van der Waals surface area contributed by atoms with Crippen molar-refractivity contribution < 1.29 is 13.2 Å². The molecule has 0 saturated heterocycles. The maximum absolute atomic E-state index is 12.6. The fourth-order valence-electron chi connectivity index (χ4n) is 2.41. The second-order valence-electron chi connectivity index (χ2n) is 6.21. The van der Waals surface area contributed by atoms with Crippen LogP contribution in [-0.2, 0) is 19.1 Å². The molecule has 0 spiro atoms. The highest BCUT2D eigenvalue weighted by molar-refractivity contribution is 5.79. The number of hydrogen-bond donors (Lipinski definition) is 2. The number of anilines is 1. The first kappa shape index (κ1) is 20.5.